The third kappa shape index (κ3) is 3.28. The molecule has 0 saturated heterocycles. The van der Waals surface area contributed by atoms with Crippen LogP contribution in [0, 0.1) is 0 Å². The Labute approximate surface area is 117 Å². The molecule has 19 heavy (non-hydrogen) atoms. The number of aliphatic hydroxyl groups excluding tert-OH is 1. The van der Waals surface area contributed by atoms with E-state index in [1.807, 2.05) is 10.6 Å². The van der Waals surface area contributed by atoms with Crippen molar-refractivity contribution < 1.29 is 9.84 Å². The highest BCUT2D eigenvalue weighted by Crippen LogP contribution is 2.28. The number of imidazole rings is 1. The number of hydrogen-bond acceptors (Lipinski definition) is 3. The molecule has 0 fully saturated rings. The number of rotatable bonds is 5. The van der Waals surface area contributed by atoms with Crippen molar-refractivity contribution in [2.45, 2.75) is 33.1 Å². The molecule has 1 atom stereocenters. The lowest BCUT2D eigenvalue weighted by Gasteiger charge is -2.11. The first kappa shape index (κ1) is 13.9. The summed E-state index contributed by atoms with van der Waals surface area (Å²) >= 11 is 6.13. The van der Waals surface area contributed by atoms with Crippen LogP contribution in [-0.2, 0) is 13.2 Å². The lowest BCUT2D eigenvalue weighted by atomic mass is 10.1. The fourth-order valence-electron chi connectivity index (χ4n) is 1.80. The van der Waals surface area contributed by atoms with Crippen molar-refractivity contribution in [3.05, 3.63) is 47.0 Å². The van der Waals surface area contributed by atoms with E-state index in [0.29, 0.717) is 17.4 Å². The summed E-state index contributed by atoms with van der Waals surface area (Å²) < 4.78 is 7.70. The van der Waals surface area contributed by atoms with Gasteiger partial charge in [0.1, 0.15) is 12.4 Å². The Morgan fingerprint density at radius 3 is 2.89 bits per heavy atom. The van der Waals surface area contributed by atoms with Crippen molar-refractivity contribution in [1.29, 1.82) is 0 Å². The van der Waals surface area contributed by atoms with E-state index in [9.17, 15) is 5.11 Å². The van der Waals surface area contributed by atoms with Gasteiger partial charge in [-0.05, 0) is 31.5 Å². The third-order valence-corrected chi connectivity index (χ3v) is 3.25. The molecule has 0 aliphatic heterocycles. The number of nitrogens with zero attached hydrogens (tertiary/aromatic N) is 2. The molecule has 0 radical (unpaired) electrons. The van der Waals surface area contributed by atoms with Crippen molar-refractivity contribution in [2.24, 2.45) is 0 Å². The Morgan fingerprint density at radius 2 is 2.26 bits per heavy atom. The first-order valence-electron chi connectivity index (χ1n) is 6.21. The van der Waals surface area contributed by atoms with E-state index in [1.165, 1.54) is 0 Å². The second-order valence-corrected chi connectivity index (χ2v) is 4.73. The molecule has 1 aromatic heterocycles. The lowest BCUT2D eigenvalue weighted by molar-refractivity contribution is 0.199. The topological polar surface area (TPSA) is 47.3 Å². The van der Waals surface area contributed by atoms with Crippen molar-refractivity contribution in [3.63, 3.8) is 0 Å². The van der Waals surface area contributed by atoms with Crippen LogP contribution in [0.2, 0.25) is 5.02 Å². The van der Waals surface area contributed by atoms with Crippen molar-refractivity contribution in [2.75, 3.05) is 0 Å². The smallest absolute Gasteiger partial charge is 0.138 e. The van der Waals surface area contributed by atoms with Gasteiger partial charge in [-0.1, -0.05) is 17.7 Å². The van der Waals surface area contributed by atoms with Crippen LogP contribution < -0.4 is 4.74 Å². The molecule has 102 valence electrons. The lowest BCUT2D eigenvalue weighted by Crippen LogP contribution is -2.04. The molecule has 0 amide bonds. The van der Waals surface area contributed by atoms with E-state index >= 15 is 0 Å². The van der Waals surface area contributed by atoms with E-state index in [4.69, 9.17) is 16.3 Å². The summed E-state index contributed by atoms with van der Waals surface area (Å²) in [5, 5.41) is 9.98. The Bertz CT molecular complexity index is 552. The van der Waals surface area contributed by atoms with Gasteiger partial charge < -0.3 is 14.4 Å². The van der Waals surface area contributed by atoms with Gasteiger partial charge in [-0.15, -0.1) is 0 Å². The van der Waals surface area contributed by atoms with Crippen molar-refractivity contribution in [3.8, 4) is 5.75 Å². The summed E-state index contributed by atoms with van der Waals surface area (Å²) in [6, 6.07) is 5.30. The van der Waals surface area contributed by atoms with Crippen LogP contribution in [-0.4, -0.2) is 14.7 Å². The number of benzene rings is 1. The van der Waals surface area contributed by atoms with E-state index in [2.05, 4.69) is 11.9 Å². The van der Waals surface area contributed by atoms with Crippen LogP contribution in [0.4, 0.5) is 0 Å². The zero-order chi connectivity index (χ0) is 13.8. The molecule has 0 spiro atoms. The van der Waals surface area contributed by atoms with Gasteiger partial charge in [-0.3, -0.25) is 0 Å². The predicted molar refractivity (Wildman–Crippen MR) is 74.3 cm³/mol. The van der Waals surface area contributed by atoms with Gasteiger partial charge in [0.15, 0.2) is 0 Å². The molecule has 0 aliphatic carbocycles. The molecule has 5 heteroatoms. The maximum atomic E-state index is 9.48. The van der Waals surface area contributed by atoms with Crippen LogP contribution in [0.15, 0.2) is 30.7 Å². The molecule has 0 unspecified atom stereocenters. The monoisotopic (exact) mass is 280 g/mol. The molecule has 1 heterocycles. The van der Waals surface area contributed by atoms with Gasteiger partial charge in [-0.25, -0.2) is 4.98 Å². The summed E-state index contributed by atoms with van der Waals surface area (Å²) in [6.07, 6.45) is 3.02. The van der Waals surface area contributed by atoms with Crippen LogP contribution in [0.3, 0.4) is 0 Å². The average molecular weight is 281 g/mol. The number of halogens is 1. The summed E-state index contributed by atoms with van der Waals surface area (Å²) in [5.74, 6) is 0.606. The van der Waals surface area contributed by atoms with Gasteiger partial charge in [-0.2, -0.15) is 0 Å². The Hall–Kier alpha value is -1.52. The average Bonchev–Trinajstić information content (AvgIpc) is 2.84. The van der Waals surface area contributed by atoms with E-state index in [-0.39, 0.29) is 0 Å². The zero-order valence-corrected chi connectivity index (χ0v) is 11.8. The number of ether oxygens (including phenoxy) is 1. The molecule has 2 rings (SSSR count). The largest absolute Gasteiger partial charge is 0.486 e. The van der Waals surface area contributed by atoms with Gasteiger partial charge in [0.25, 0.3) is 0 Å². The number of aliphatic hydroxyl groups is 1. The van der Waals surface area contributed by atoms with E-state index < -0.39 is 6.10 Å². The van der Waals surface area contributed by atoms with Crippen LogP contribution in [0.5, 0.6) is 5.75 Å². The normalized spacial score (nSPS) is 12.4. The van der Waals surface area contributed by atoms with Gasteiger partial charge in [0.2, 0.25) is 0 Å². The molecular weight excluding hydrogens is 264 g/mol. The number of aromatic nitrogens is 2. The van der Waals surface area contributed by atoms with Gasteiger partial charge in [0.05, 0.1) is 29.3 Å². The SMILES string of the molecule is CCn1cncc1COc1ccc([C@H](C)O)cc1Cl. The fourth-order valence-corrected chi connectivity index (χ4v) is 2.04. The zero-order valence-electron chi connectivity index (χ0n) is 11.0. The van der Waals surface area contributed by atoms with Crippen LogP contribution in [0.25, 0.3) is 0 Å². The summed E-state index contributed by atoms with van der Waals surface area (Å²) in [6.45, 7) is 5.02. The highest BCUT2D eigenvalue weighted by atomic mass is 35.5. The maximum Gasteiger partial charge on any atom is 0.138 e. The fraction of sp³-hybridized carbons (Fsp3) is 0.357. The predicted octanol–water partition coefficient (Wildman–Crippen LogP) is 3.19. The molecule has 1 N–H and O–H groups in total. The number of hydrogen-bond donors (Lipinski definition) is 1. The first-order valence-corrected chi connectivity index (χ1v) is 6.59. The highest BCUT2D eigenvalue weighted by Gasteiger charge is 2.08. The maximum absolute atomic E-state index is 9.48. The minimum atomic E-state index is -0.534. The Morgan fingerprint density at radius 1 is 1.47 bits per heavy atom. The molecule has 0 bridgehead atoms. The standard InChI is InChI=1S/C14H17ClN2O2/c1-3-17-9-16-7-12(17)8-19-14-5-4-11(10(2)18)6-13(14)15/h4-7,9-10,18H,3,8H2,1-2H3/t10-/m0/s1. The summed E-state index contributed by atoms with van der Waals surface area (Å²) in [7, 11) is 0. The third-order valence-electron chi connectivity index (χ3n) is 2.95. The van der Waals surface area contributed by atoms with Crippen LogP contribution in [0.1, 0.15) is 31.2 Å². The number of aryl methyl sites for hydroxylation is 1. The Kier molecular flexibility index (Phi) is 4.45. The highest BCUT2D eigenvalue weighted by molar-refractivity contribution is 6.32. The van der Waals surface area contributed by atoms with E-state index in [0.717, 1.165) is 17.8 Å². The molecule has 1 aromatic carbocycles. The molecule has 4 nitrogen and oxygen atoms in total. The second kappa shape index (κ2) is 6.08. The molecule has 2 aromatic rings. The van der Waals surface area contributed by atoms with Gasteiger partial charge >= 0.3 is 0 Å². The molecule has 0 aliphatic rings. The van der Waals surface area contributed by atoms with Crippen molar-refractivity contribution >= 4 is 11.6 Å². The molecule has 0 saturated carbocycles. The minimum absolute atomic E-state index is 0.418. The molecular formula is C14H17ClN2O2. The van der Waals surface area contributed by atoms with Gasteiger partial charge in [0, 0.05) is 6.54 Å². The minimum Gasteiger partial charge on any atom is -0.486 e. The van der Waals surface area contributed by atoms with Crippen molar-refractivity contribution in [1.82, 2.24) is 9.55 Å². The first-order chi connectivity index (χ1) is 9.11. The summed E-state index contributed by atoms with van der Waals surface area (Å²) in [5.41, 5.74) is 1.77. The summed E-state index contributed by atoms with van der Waals surface area (Å²) in [4.78, 5) is 4.08. The van der Waals surface area contributed by atoms with Crippen LogP contribution >= 0.6 is 11.6 Å². The Balaban J connectivity index is 2.08. The quantitative estimate of drug-likeness (QED) is 0.915. The second-order valence-electron chi connectivity index (χ2n) is 4.33. The van der Waals surface area contributed by atoms with E-state index in [1.54, 1.807) is 31.6 Å².